The van der Waals surface area contributed by atoms with Crippen LogP contribution in [0.2, 0.25) is 0 Å². The minimum absolute atomic E-state index is 0.616. The summed E-state index contributed by atoms with van der Waals surface area (Å²) in [7, 11) is 0. The van der Waals surface area contributed by atoms with Gasteiger partial charge < -0.3 is 4.90 Å². The van der Waals surface area contributed by atoms with Crippen molar-refractivity contribution in [1.82, 2.24) is 4.90 Å². The minimum atomic E-state index is 0.616. The van der Waals surface area contributed by atoms with E-state index in [9.17, 15) is 0 Å². The van der Waals surface area contributed by atoms with Crippen LogP contribution in [0.15, 0.2) is 29.2 Å². The fourth-order valence-electron chi connectivity index (χ4n) is 3.70. The molecule has 0 spiro atoms. The molecule has 0 amide bonds. The Hall–Kier alpha value is -0.470. The van der Waals surface area contributed by atoms with E-state index in [-0.39, 0.29) is 0 Å². The first-order valence-corrected chi connectivity index (χ1v) is 8.69. The van der Waals surface area contributed by atoms with Gasteiger partial charge in [0.25, 0.3) is 0 Å². The lowest BCUT2D eigenvalue weighted by Gasteiger charge is -2.27. The van der Waals surface area contributed by atoms with E-state index in [0.717, 1.165) is 5.92 Å². The van der Waals surface area contributed by atoms with Crippen LogP contribution in [-0.2, 0) is 0 Å². The van der Waals surface area contributed by atoms with Crippen molar-refractivity contribution in [1.29, 1.82) is 0 Å². The smallest absolute Gasteiger partial charge is 0.0108 e. The molecule has 0 aromatic heterocycles. The molecule has 2 aliphatic heterocycles. The molecule has 0 radical (unpaired) electrons. The highest BCUT2D eigenvalue weighted by Crippen LogP contribution is 2.42. The van der Waals surface area contributed by atoms with E-state index in [2.05, 4.69) is 43.0 Å². The van der Waals surface area contributed by atoms with Gasteiger partial charge in [0.2, 0.25) is 0 Å². The van der Waals surface area contributed by atoms with Gasteiger partial charge in [-0.05, 0) is 42.9 Å². The van der Waals surface area contributed by atoms with Gasteiger partial charge in [-0.3, -0.25) is 0 Å². The summed E-state index contributed by atoms with van der Waals surface area (Å²) in [5.41, 5.74) is 2.21. The Kier molecular flexibility index (Phi) is 3.91. The molecule has 1 aromatic carbocycles. The maximum Gasteiger partial charge on any atom is 0.0108 e. The summed E-state index contributed by atoms with van der Waals surface area (Å²) < 4.78 is 0. The van der Waals surface area contributed by atoms with Crippen LogP contribution in [0.1, 0.15) is 44.6 Å². The summed E-state index contributed by atoms with van der Waals surface area (Å²) in [4.78, 5) is 4.24. The van der Waals surface area contributed by atoms with Crippen LogP contribution in [0, 0.1) is 5.41 Å². The lowest BCUT2D eigenvalue weighted by atomic mass is 9.82. The first-order chi connectivity index (χ1) is 9.26. The fraction of sp³-hybridized carbons (Fsp3) is 0.647. The monoisotopic (exact) mass is 275 g/mol. The molecule has 1 saturated heterocycles. The van der Waals surface area contributed by atoms with Gasteiger partial charge in [0.15, 0.2) is 0 Å². The Morgan fingerprint density at radius 3 is 2.79 bits per heavy atom. The van der Waals surface area contributed by atoms with Crippen molar-refractivity contribution in [3.05, 3.63) is 29.8 Å². The second-order valence-corrected chi connectivity index (χ2v) is 7.30. The second kappa shape index (κ2) is 5.49. The number of benzene rings is 1. The highest BCUT2D eigenvalue weighted by Gasteiger charge is 2.36. The van der Waals surface area contributed by atoms with E-state index < -0.39 is 0 Å². The van der Waals surface area contributed by atoms with Crippen molar-refractivity contribution < 1.29 is 0 Å². The quantitative estimate of drug-likeness (QED) is 0.802. The maximum absolute atomic E-state index is 2.72. The minimum Gasteiger partial charge on any atom is -0.302 e. The fourth-order valence-corrected chi connectivity index (χ4v) is 4.94. The molecule has 0 aliphatic carbocycles. The molecule has 3 rings (SSSR count). The van der Waals surface area contributed by atoms with Gasteiger partial charge in [-0.1, -0.05) is 32.0 Å². The number of fused-ring (bicyclic) bond motifs is 1. The Morgan fingerprint density at radius 1 is 1.26 bits per heavy atom. The van der Waals surface area contributed by atoms with Gasteiger partial charge in [0.1, 0.15) is 0 Å². The van der Waals surface area contributed by atoms with E-state index in [4.69, 9.17) is 0 Å². The third kappa shape index (κ3) is 2.57. The Labute approximate surface area is 121 Å². The van der Waals surface area contributed by atoms with E-state index in [1.807, 2.05) is 11.8 Å². The number of thioether (sulfide) groups is 1. The standard InChI is InChI=1S/C17H25NS/c1-3-17(4-2)9-10-18(13-17)11-14-12-19-16-8-6-5-7-15(14)16/h5-8,14H,3-4,9-13H2,1-2H3. The average Bonchev–Trinajstić information content (AvgIpc) is 3.05. The van der Waals surface area contributed by atoms with Gasteiger partial charge in [0, 0.05) is 29.7 Å². The predicted octanol–water partition coefficient (Wildman–Crippen LogP) is 4.39. The summed E-state index contributed by atoms with van der Waals surface area (Å²) >= 11 is 2.04. The van der Waals surface area contributed by atoms with Gasteiger partial charge in [0.05, 0.1) is 0 Å². The van der Waals surface area contributed by atoms with Crippen molar-refractivity contribution in [2.75, 3.05) is 25.4 Å². The van der Waals surface area contributed by atoms with Crippen molar-refractivity contribution in [2.24, 2.45) is 5.41 Å². The number of hydrogen-bond donors (Lipinski definition) is 0. The molecule has 2 heteroatoms. The van der Waals surface area contributed by atoms with Crippen molar-refractivity contribution in [2.45, 2.75) is 43.9 Å². The molecule has 1 unspecified atom stereocenters. The van der Waals surface area contributed by atoms with Gasteiger partial charge >= 0.3 is 0 Å². The van der Waals surface area contributed by atoms with Crippen LogP contribution < -0.4 is 0 Å². The van der Waals surface area contributed by atoms with Crippen LogP contribution in [0.3, 0.4) is 0 Å². The lowest BCUT2D eigenvalue weighted by molar-refractivity contribution is 0.235. The summed E-state index contributed by atoms with van der Waals surface area (Å²) in [6.07, 6.45) is 4.09. The van der Waals surface area contributed by atoms with Crippen LogP contribution in [0.4, 0.5) is 0 Å². The third-order valence-electron chi connectivity index (χ3n) is 5.29. The predicted molar refractivity (Wildman–Crippen MR) is 84.0 cm³/mol. The Morgan fingerprint density at radius 2 is 2.05 bits per heavy atom. The van der Waals surface area contributed by atoms with E-state index >= 15 is 0 Å². The number of nitrogens with zero attached hydrogens (tertiary/aromatic N) is 1. The normalized spacial score (nSPS) is 25.7. The maximum atomic E-state index is 2.72. The van der Waals surface area contributed by atoms with E-state index in [0.29, 0.717) is 5.41 Å². The summed E-state index contributed by atoms with van der Waals surface area (Å²) in [6.45, 7) is 8.64. The first-order valence-electron chi connectivity index (χ1n) is 7.70. The van der Waals surface area contributed by atoms with Crippen LogP contribution >= 0.6 is 11.8 Å². The van der Waals surface area contributed by atoms with Gasteiger partial charge in [-0.25, -0.2) is 0 Å². The first kappa shape index (κ1) is 13.5. The van der Waals surface area contributed by atoms with E-state index in [1.54, 1.807) is 5.56 Å². The molecule has 0 N–H and O–H groups in total. The van der Waals surface area contributed by atoms with Crippen molar-refractivity contribution in [3.63, 3.8) is 0 Å². The molecule has 19 heavy (non-hydrogen) atoms. The SMILES string of the molecule is CCC1(CC)CCN(CC2CSc3ccccc32)C1. The molecule has 1 fully saturated rings. The van der Waals surface area contributed by atoms with E-state index in [1.165, 1.54) is 49.5 Å². The average molecular weight is 275 g/mol. The molecule has 0 bridgehead atoms. The third-order valence-corrected chi connectivity index (χ3v) is 6.55. The lowest BCUT2D eigenvalue weighted by Crippen LogP contribution is -2.30. The van der Waals surface area contributed by atoms with Crippen LogP contribution in [0.25, 0.3) is 0 Å². The molecule has 104 valence electrons. The highest BCUT2D eigenvalue weighted by atomic mass is 32.2. The second-order valence-electron chi connectivity index (χ2n) is 6.24. The Balaban J connectivity index is 1.65. The number of hydrogen-bond acceptors (Lipinski definition) is 2. The largest absolute Gasteiger partial charge is 0.302 e. The molecule has 2 aliphatic rings. The van der Waals surface area contributed by atoms with Gasteiger partial charge in [-0.15, -0.1) is 11.8 Å². The molecule has 1 atom stereocenters. The van der Waals surface area contributed by atoms with Crippen LogP contribution in [-0.4, -0.2) is 30.3 Å². The molecule has 0 saturated carbocycles. The number of likely N-dealkylation sites (tertiary alicyclic amines) is 1. The summed E-state index contributed by atoms with van der Waals surface area (Å²) in [6, 6.07) is 8.99. The topological polar surface area (TPSA) is 3.24 Å². The van der Waals surface area contributed by atoms with Gasteiger partial charge in [-0.2, -0.15) is 0 Å². The summed E-state index contributed by atoms with van der Waals surface area (Å²) in [5, 5.41) is 0. The zero-order chi connectivity index (χ0) is 13.3. The molecular formula is C17H25NS. The number of rotatable bonds is 4. The summed E-state index contributed by atoms with van der Waals surface area (Å²) in [5.74, 6) is 2.03. The van der Waals surface area contributed by atoms with Crippen molar-refractivity contribution in [3.8, 4) is 0 Å². The zero-order valence-corrected chi connectivity index (χ0v) is 13.0. The highest BCUT2D eigenvalue weighted by molar-refractivity contribution is 7.99. The molecular weight excluding hydrogens is 250 g/mol. The zero-order valence-electron chi connectivity index (χ0n) is 12.2. The molecule has 2 heterocycles. The molecule has 1 nitrogen and oxygen atoms in total. The van der Waals surface area contributed by atoms with Crippen molar-refractivity contribution >= 4 is 11.8 Å². The Bertz CT molecular complexity index is 439. The molecule has 1 aromatic rings. The van der Waals surface area contributed by atoms with Crippen LogP contribution in [0.5, 0.6) is 0 Å².